The Morgan fingerprint density at radius 2 is 2.15 bits per heavy atom. The average molecular weight is 200 g/mol. The number of hydrogen-bond donors (Lipinski definition) is 1. The van der Waals surface area contributed by atoms with Crippen LogP contribution >= 0.6 is 11.8 Å². The van der Waals surface area contributed by atoms with Crippen LogP contribution in [0.3, 0.4) is 0 Å². The van der Waals surface area contributed by atoms with Gasteiger partial charge in [0, 0.05) is 13.1 Å². The van der Waals surface area contributed by atoms with E-state index in [-0.39, 0.29) is 11.9 Å². The molecule has 4 heteroatoms. The zero-order valence-corrected chi connectivity index (χ0v) is 8.55. The van der Waals surface area contributed by atoms with Crippen molar-refractivity contribution in [1.29, 1.82) is 0 Å². The molecule has 13 heavy (non-hydrogen) atoms. The van der Waals surface area contributed by atoms with E-state index in [1.54, 1.807) is 0 Å². The van der Waals surface area contributed by atoms with Crippen molar-refractivity contribution in [3.63, 3.8) is 0 Å². The summed E-state index contributed by atoms with van der Waals surface area (Å²) < 4.78 is 0. The van der Waals surface area contributed by atoms with Crippen LogP contribution in [0, 0.1) is 5.92 Å². The molecule has 74 valence electrons. The number of hydrogen-bond acceptors (Lipinski definition) is 3. The van der Waals surface area contributed by atoms with Crippen LogP contribution < -0.4 is 5.73 Å². The lowest BCUT2D eigenvalue weighted by Gasteiger charge is -2.39. The van der Waals surface area contributed by atoms with Crippen molar-refractivity contribution in [1.82, 2.24) is 4.90 Å². The van der Waals surface area contributed by atoms with Crippen molar-refractivity contribution in [2.24, 2.45) is 11.7 Å². The molecular weight excluding hydrogens is 184 g/mol. The molecule has 2 fully saturated rings. The summed E-state index contributed by atoms with van der Waals surface area (Å²) in [6.07, 6.45) is 2.54. The Balaban J connectivity index is 1.75. The monoisotopic (exact) mass is 200 g/mol. The first-order chi connectivity index (χ1) is 6.27. The second-order valence-corrected chi connectivity index (χ2v) is 5.13. The molecule has 0 aromatic carbocycles. The highest BCUT2D eigenvalue weighted by Crippen LogP contribution is 2.24. The Hall–Kier alpha value is -0.220. The third kappa shape index (κ3) is 1.99. The smallest absolute Gasteiger partial charge is 0.241 e. The molecule has 0 aromatic heterocycles. The van der Waals surface area contributed by atoms with Gasteiger partial charge in [-0.05, 0) is 30.3 Å². The lowest BCUT2D eigenvalue weighted by molar-refractivity contribution is -0.143. The first-order valence-electron chi connectivity index (χ1n) is 4.89. The van der Waals surface area contributed by atoms with Crippen LogP contribution in [0.25, 0.3) is 0 Å². The maximum atomic E-state index is 11.2. The summed E-state index contributed by atoms with van der Waals surface area (Å²) in [5.74, 6) is 3.41. The molecular formula is C9H16N2OS. The zero-order chi connectivity index (χ0) is 9.26. The van der Waals surface area contributed by atoms with Gasteiger partial charge in [0.2, 0.25) is 5.91 Å². The Bertz CT molecular complexity index is 204. The molecule has 1 unspecified atom stereocenters. The van der Waals surface area contributed by atoms with E-state index in [1.165, 1.54) is 24.3 Å². The molecule has 0 saturated carbocycles. The fraction of sp³-hybridized carbons (Fsp3) is 0.889. The number of rotatable bonds is 2. The predicted molar refractivity (Wildman–Crippen MR) is 54.6 cm³/mol. The molecule has 2 rings (SSSR count). The summed E-state index contributed by atoms with van der Waals surface area (Å²) in [6.45, 7) is 1.73. The van der Waals surface area contributed by atoms with Crippen LogP contribution in [0.4, 0.5) is 0 Å². The van der Waals surface area contributed by atoms with Crippen molar-refractivity contribution in [2.75, 3.05) is 24.6 Å². The number of amides is 1. The van der Waals surface area contributed by atoms with Crippen molar-refractivity contribution in [2.45, 2.75) is 18.9 Å². The van der Waals surface area contributed by atoms with Gasteiger partial charge >= 0.3 is 0 Å². The number of nitrogens with zero attached hydrogens (tertiary/aromatic N) is 1. The Labute approximate surface area is 83.0 Å². The Morgan fingerprint density at radius 3 is 2.69 bits per heavy atom. The van der Waals surface area contributed by atoms with Gasteiger partial charge in [-0.15, -0.1) is 0 Å². The van der Waals surface area contributed by atoms with Crippen LogP contribution in [0.2, 0.25) is 0 Å². The predicted octanol–water partition coefficient (Wildman–Crippen LogP) is 0.299. The van der Waals surface area contributed by atoms with Crippen LogP contribution in [0.1, 0.15) is 12.8 Å². The minimum absolute atomic E-state index is 0.151. The zero-order valence-electron chi connectivity index (χ0n) is 7.74. The molecule has 2 aliphatic heterocycles. The fourth-order valence-electron chi connectivity index (χ4n) is 1.93. The minimum Gasteiger partial charge on any atom is -0.339 e. The summed E-state index contributed by atoms with van der Waals surface area (Å²) in [7, 11) is 0. The van der Waals surface area contributed by atoms with E-state index in [9.17, 15) is 4.79 Å². The van der Waals surface area contributed by atoms with Crippen molar-refractivity contribution < 1.29 is 4.79 Å². The summed E-state index contributed by atoms with van der Waals surface area (Å²) in [4.78, 5) is 13.1. The third-order valence-corrected chi connectivity index (χ3v) is 3.91. The van der Waals surface area contributed by atoms with Gasteiger partial charge < -0.3 is 10.6 Å². The van der Waals surface area contributed by atoms with Gasteiger partial charge in [0.1, 0.15) is 6.04 Å². The standard InChI is InChI=1S/C9H16N2OS/c10-8-6-11(9(8)12)5-7-1-3-13-4-2-7/h7-8H,1-6,10H2. The highest BCUT2D eigenvalue weighted by atomic mass is 32.2. The van der Waals surface area contributed by atoms with Crippen molar-refractivity contribution in [3.8, 4) is 0 Å². The molecule has 2 N–H and O–H groups in total. The summed E-state index contributed by atoms with van der Waals surface area (Å²) in [5.41, 5.74) is 5.52. The largest absolute Gasteiger partial charge is 0.339 e. The molecule has 0 bridgehead atoms. The normalized spacial score (nSPS) is 30.4. The van der Waals surface area contributed by atoms with E-state index in [1.807, 2.05) is 16.7 Å². The molecule has 0 radical (unpaired) electrons. The Morgan fingerprint density at radius 1 is 1.46 bits per heavy atom. The summed E-state index contributed by atoms with van der Waals surface area (Å²) in [5, 5.41) is 0. The van der Waals surface area contributed by atoms with E-state index in [0.29, 0.717) is 0 Å². The van der Waals surface area contributed by atoms with Gasteiger partial charge in [-0.3, -0.25) is 4.79 Å². The maximum absolute atomic E-state index is 11.2. The Kier molecular flexibility index (Phi) is 2.79. The summed E-state index contributed by atoms with van der Waals surface area (Å²) >= 11 is 2.02. The SMILES string of the molecule is NC1CN(CC2CCSCC2)C1=O. The minimum atomic E-state index is -0.196. The number of nitrogens with two attached hydrogens (primary N) is 1. The van der Waals surface area contributed by atoms with E-state index in [0.717, 1.165) is 19.0 Å². The molecule has 2 heterocycles. The van der Waals surface area contributed by atoms with Crippen LogP contribution in [-0.2, 0) is 4.79 Å². The quantitative estimate of drug-likeness (QED) is 0.652. The third-order valence-electron chi connectivity index (χ3n) is 2.87. The van der Waals surface area contributed by atoms with E-state index >= 15 is 0 Å². The van der Waals surface area contributed by atoms with E-state index in [4.69, 9.17) is 5.73 Å². The van der Waals surface area contributed by atoms with Crippen molar-refractivity contribution >= 4 is 17.7 Å². The molecule has 1 atom stereocenters. The van der Waals surface area contributed by atoms with Gasteiger partial charge in [-0.2, -0.15) is 11.8 Å². The highest BCUT2D eigenvalue weighted by molar-refractivity contribution is 7.99. The molecule has 3 nitrogen and oxygen atoms in total. The number of likely N-dealkylation sites (tertiary alicyclic amines) is 1. The topological polar surface area (TPSA) is 46.3 Å². The van der Waals surface area contributed by atoms with E-state index in [2.05, 4.69) is 0 Å². The van der Waals surface area contributed by atoms with Gasteiger partial charge in [-0.25, -0.2) is 0 Å². The van der Waals surface area contributed by atoms with Crippen LogP contribution in [0.15, 0.2) is 0 Å². The first-order valence-corrected chi connectivity index (χ1v) is 6.05. The van der Waals surface area contributed by atoms with E-state index < -0.39 is 0 Å². The van der Waals surface area contributed by atoms with Gasteiger partial charge in [0.15, 0.2) is 0 Å². The number of carbonyl (C=O) groups is 1. The van der Waals surface area contributed by atoms with Gasteiger partial charge in [-0.1, -0.05) is 0 Å². The lowest BCUT2D eigenvalue weighted by Crippen LogP contribution is -2.61. The molecule has 2 saturated heterocycles. The second kappa shape index (κ2) is 3.88. The molecule has 0 spiro atoms. The number of β-lactam (4-membered cyclic amide) rings is 1. The maximum Gasteiger partial charge on any atom is 0.241 e. The van der Waals surface area contributed by atoms with Crippen LogP contribution in [0.5, 0.6) is 0 Å². The number of carbonyl (C=O) groups excluding carboxylic acids is 1. The average Bonchev–Trinajstić information content (AvgIpc) is 2.19. The second-order valence-electron chi connectivity index (χ2n) is 3.91. The molecule has 1 amide bonds. The van der Waals surface area contributed by atoms with Gasteiger partial charge in [0.25, 0.3) is 0 Å². The first kappa shape index (κ1) is 9.34. The highest BCUT2D eigenvalue weighted by Gasteiger charge is 2.34. The fourth-order valence-corrected chi connectivity index (χ4v) is 3.14. The molecule has 0 aliphatic carbocycles. The van der Waals surface area contributed by atoms with Gasteiger partial charge in [0.05, 0.1) is 0 Å². The molecule has 2 aliphatic rings. The van der Waals surface area contributed by atoms with Crippen molar-refractivity contribution in [3.05, 3.63) is 0 Å². The molecule has 0 aromatic rings. The summed E-state index contributed by atoms with van der Waals surface area (Å²) in [6, 6.07) is -0.196. The lowest BCUT2D eigenvalue weighted by atomic mass is 9.99. The number of thioether (sulfide) groups is 1. The van der Waals surface area contributed by atoms with Crippen LogP contribution in [-0.4, -0.2) is 41.4 Å².